The topological polar surface area (TPSA) is 88.3 Å². The van der Waals surface area contributed by atoms with E-state index in [1.807, 2.05) is 24.4 Å². The Morgan fingerprint density at radius 3 is 2.45 bits per heavy atom. The summed E-state index contributed by atoms with van der Waals surface area (Å²) in [4.78, 5) is 44.7. The normalized spacial score (nSPS) is 20.2. The molecule has 2 aliphatic heterocycles. The standard InChI is InChI=1S/C21H23N5O3/c1-15(27)23-16-5-7-17(8-6-16)26-20(28)14-18(21(26)29)24-10-12-25(13-11-24)19-4-2-3-9-22-19/h2-9,18H,10-14H2,1H3,(H,23,27)/p+2/t18-/m0/s1. The van der Waals surface area contributed by atoms with Gasteiger partial charge in [0.1, 0.15) is 26.2 Å². The first-order valence-corrected chi connectivity index (χ1v) is 9.83. The summed E-state index contributed by atoms with van der Waals surface area (Å²) in [6, 6.07) is 12.5. The van der Waals surface area contributed by atoms with Gasteiger partial charge in [-0.1, -0.05) is 6.07 Å². The van der Waals surface area contributed by atoms with E-state index in [1.165, 1.54) is 11.8 Å². The van der Waals surface area contributed by atoms with Crippen molar-refractivity contribution >= 4 is 34.9 Å². The molecule has 2 aliphatic rings. The number of pyridine rings is 1. The fraction of sp³-hybridized carbons (Fsp3) is 0.333. The lowest BCUT2D eigenvalue weighted by atomic mass is 10.1. The lowest BCUT2D eigenvalue weighted by Crippen LogP contribution is -3.19. The van der Waals surface area contributed by atoms with E-state index in [9.17, 15) is 14.4 Å². The molecule has 0 aliphatic carbocycles. The van der Waals surface area contributed by atoms with Crippen molar-refractivity contribution < 1.29 is 24.3 Å². The molecule has 0 unspecified atom stereocenters. The second-order valence-electron chi connectivity index (χ2n) is 7.45. The Labute approximate surface area is 169 Å². The number of quaternary nitrogens is 1. The number of nitrogens with zero attached hydrogens (tertiary/aromatic N) is 2. The molecule has 2 saturated heterocycles. The van der Waals surface area contributed by atoms with E-state index in [0.29, 0.717) is 11.4 Å². The Bertz CT molecular complexity index is 908. The fourth-order valence-corrected chi connectivity index (χ4v) is 4.08. The number of nitrogens with one attached hydrogen (secondary N) is 3. The number of benzene rings is 1. The maximum Gasteiger partial charge on any atom is 0.292 e. The first-order valence-electron chi connectivity index (χ1n) is 9.83. The van der Waals surface area contributed by atoms with Crippen LogP contribution in [0, 0.1) is 0 Å². The Kier molecular flexibility index (Phi) is 5.26. The van der Waals surface area contributed by atoms with Crippen LogP contribution in [0.3, 0.4) is 0 Å². The zero-order valence-electron chi connectivity index (χ0n) is 16.4. The fourth-order valence-electron chi connectivity index (χ4n) is 4.08. The van der Waals surface area contributed by atoms with Crippen LogP contribution >= 0.6 is 0 Å². The summed E-state index contributed by atoms with van der Waals surface area (Å²) in [5.74, 6) is 0.596. The van der Waals surface area contributed by atoms with Crippen molar-refractivity contribution in [1.82, 2.24) is 0 Å². The summed E-state index contributed by atoms with van der Waals surface area (Å²) in [5, 5.41) is 2.68. The summed E-state index contributed by atoms with van der Waals surface area (Å²) in [5.41, 5.74) is 1.19. The van der Waals surface area contributed by atoms with Gasteiger partial charge in [0.15, 0.2) is 6.04 Å². The number of imide groups is 1. The van der Waals surface area contributed by atoms with Gasteiger partial charge < -0.3 is 10.2 Å². The second kappa shape index (κ2) is 8.00. The quantitative estimate of drug-likeness (QED) is 0.683. The van der Waals surface area contributed by atoms with E-state index in [-0.39, 0.29) is 30.2 Å². The number of piperazine rings is 1. The van der Waals surface area contributed by atoms with Crippen molar-refractivity contribution in [2.45, 2.75) is 19.4 Å². The number of amides is 3. The van der Waals surface area contributed by atoms with Gasteiger partial charge in [0.2, 0.25) is 11.8 Å². The summed E-state index contributed by atoms with van der Waals surface area (Å²) in [7, 11) is 0. The Morgan fingerprint density at radius 2 is 1.83 bits per heavy atom. The minimum atomic E-state index is -0.334. The molecule has 0 saturated carbocycles. The lowest BCUT2D eigenvalue weighted by Gasteiger charge is -2.31. The molecule has 8 heteroatoms. The molecule has 3 heterocycles. The molecular weight excluding hydrogens is 370 g/mol. The van der Waals surface area contributed by atoms with Crippen LogP contribution in [0.25, 0.3) is 0 Å². The average Bonchev–Trinajstić information content (AvgIpc) is 3.03. The molecule has 29 heavy (non-hydrogen) atoms. The molecule has 3 N–H and O–H groups in total. The zero-order valence-corrected chi connectivity index (χ0v) is 16.4. The minimum absolute atomic E-state index is 0.142. The van der Waals surface area contributed by atoms with Crippen LogP contribution in [0.15, 0.2) is 48.7 Å². The summed E-state index contributed by atoms with van der Waals surface area (Å²) >= 11 is 0. The van der Waals surface area contributed by atoms with Gasteiger partial charge in [0, 0.05) is 18.7 Å². The van der Waals surface area contributed by atoms with Crippen LogP contribution in [0.2, 0.25) is 0 Å². The minimum Gasteiger partial charge on any atom is -0.326 e. The number of rotatable bonds is 4. The summed E-state index contributed by atoms with van der Waals surface area (Å²) in [6.45, 7) is 4.71. The van der Waals surface area contributed by atoms with Gasteiger partial charge in [0.25, 0.3) is 11.7 Å². The first kappa shape index (κ1) is 19.1. The van der Waals surface area contributed by atoms with Crippen LogP contribution in [0.1, 0.15) is 13.3 Å². The second-order valence-corrected chi connectivity index (χ2v) is 7.45. The van der Waals surface area contributed by atoms with E-state index in [2.05, 4.69) is 15.2 Å². The molecule has 1 atom stereocenters. The number of hydrogen-bond acceptors (Lipinski definition) is 4. The summed E-state index contributed by atoms with van der Waals surface area (Å²) in [6.07, 6.45) is 2.14. The van der Waals surface area contributed by atoms with Gasteiger partial charge in [0.05, 0.1) is 18.3 Å². The monoisotopic (exact) mass is 395 g/mol. The molecule has 2 aromatic rings. The Balaban J connectivity index is 1.41. The number of carbonyl (C=O) groups is 3. The third-order valence-electron chi connectivity index (χ3n) is 5.52. The van der Waals surface area contributed by atoms with Crippen molar-refractivity contribution in [3.8, 4) is 0 Å². The van der Waals surface area contributed by atoms with Gasteiger partial charge in [-0.15, -0.1) is 0 Å². The number of carbonyl (C=O) groups excluding carboxylic acids is 3. The average molecular weight is 395 g/mol. The molecule has 1 aromatic carbocycles. The maximum absolute atomic E-state index is 13.0. The molecule has 0 spiro atoms. The van der Waals surface area contributed by atoms with Gasteiger partial charge in [-0.2, -0.15) is 0 Å². The molecule has 8 nitrogen and oxygen atoms in total. The molecule has 150 valence electrons. The van der Waals surface area contributed by atoms with Crippen molar-refractivity contribution in [1.29, 1.82) is 0 Å². The predicted octanol–water partition coefficient (Wildman–Crippen LogP) is -0.504. The number of hydrogen-bond donors (Lipinski definition) is 2. The van der Waals surface area contributed by atoms with Crippen LogP contribution in [0.4, 0.5) is 17.2 Å². The van der Waals surface area contributed by atoms with Gasteiger partial charge >= 0.3 is 0 Å². The van der Waals surface area contributed by atoms with Gasteiger partial charge in [-0.3, -0.25) is 19.3 Å². The third-order valence-corrected chi connectivity index (χ3v) is 5.52. The molecular formula is C21H25N5O3+2. The predicted molar refractivity (Wildman–Crippen MR) is 108 cm³/mol. The third kappa shape index (κ3) is 3.97. The molecule has 2 fully saturated rings. The molecule has 1 aromatic heterocycles. The van der Waals surface area contributed by atoms with Gasteiger partial charge in [-0.05, 0) is 30.3 Å². The first-order chi connectivity index (χ1) is 14.0. The highest BCUT2D eigenvalue weighted by Gasteiger charge is 2.47. The Hall–Kier alpha value is -3.26. The van der Waals surface area contributed by atoms with Crippen molar-refractivity contribution in [3.63, 3.8) is 0 Å². The van der Waals surface area contributed by atoms with Crippen LogP contribution < -0.4 is 25.0 Å². The smallest absolute Gasteiger partial charge is 0.292 e. The van der Waals surface area contributed by atoms with E-state index >= 15 is 0 Å². The molecule has 0 radical (unpaired) electrons. The number of anilines is 3. The summed E-state index contributed by atoms with van der Waals surface area (Å²) < 4.78 is 0. The van der Waals surface area contributed by atoms with Crippen molar-refractivity contribution in [2.75, 3.05) is 41.3 Å². The number of H-pyrrole nitrogens is 1. The van der Waals surface area contributed by atoms with E-state index in [4.69, 9.17) is 0 Å². The maximum atomic E-state index is 13.0. The van der Waals surface area contributed by atoms with Crippen LogP contribution in [-0.4, -0.2) is 49.9 Å². The highest BCUT2D eigenvalue weighted by Crippen LogP contribution is 2.24. The SMILES string of the molecule is CC(=O)Nc1ccc(N2C(=O)C[C@H]([NH+]3CCN(c4cccc[nH+]4)CC3)C2=O)cc1. The van der Waals surface area contributed by atoms with Crippen LogP contribution in [-0.2, 0) is 14.4 Å². The van der Waals surface area contributed by atoms with Crippen LogP contribution in [0.5, 0.6) is 0 Å². The molecule has 3 amide bonds. The zero-order chi connectivity index (χ0) is 20.4. The van der Waals surface area contributed by atoms with E-state index in [1.54, 1.807) is 24.3 Å². The number of aromatic amines is 1. The molecule has 4 rings (SSSR count). The van der Waals surface area contributed by atoms with Crippen molar-refractivity contribution in [3.05, 3.63) is 48.7 Å². The van der Waals surface area contributed by atoms with E-state index < -0.39 is 0 Å². The van der Waals surface area contributed by atoms with E-state index in [0.717, 1.165) is 36.9 Å². The Morgan fingerprint density at radius 1 is 1.10 bits per heavy atom. The van der Waals surface area contributed by atoms with Crippen molar-refractivity contribution in [2.24, 2.45) is 0 Å². The molecule has 0 bridgehead atoms. The van der Waals surface area contributed by atoms with Gasteiger partial charge in [-0.25, -0.2) is 9.88 Å². The lowest BCUT2D eigenvalue weighted by molar-refractivity contribution is -0.915. The highest BCUT2D eigenvalue weighted by atomic mass is 16.2. The highest BCUT2D eigenvalue weighted by molar-refractivity contribution is 6.21. The number of aromatic nitrogens is 1. The largest absolute Gasteiger partial charge is 0.326 e.